The van der Waals surface area contributed by atoms with Crippen LogP contribution in [-0.4, -0.2) is 25.7 Å². The van der Waals surface area contributed by atoms with E-state index in [1.54, 1.807) is 6.07 Å². The minimum absolute atomic E-state index is 0.117. The van der Waals surface area contributed by atoms with Crippen molar-refractivity contribution >= 4 is 15.9 Å². The van der Waals surface area contributed by atoms with Crippen LogP contribution < -0.4 is 10.6 Å². The minimum Gasteiger partial charge on any atom is -0.315 e. The fourth-order valence-electron chi connectivity index (χ4n) is 2.17. The molecule has 1 heterocycles. The molecule has 0 saturated carbocycles. The Morgan fingerprint density at radius 1 is 1.47 bits per heavy atom. The fraction of sp³-hybridized carbons (Fsp3) is 0.538. The Morgan fingerprint density at radius 2 is 2.35 bits per heavy atom. The van der Waals surface area contributed by atoms with Gasteiger partial charge in [0.25, 0.3) is 0 Å². The summed E-state index contributed by atoms with van der Waals surface area (Å²) in [5, 5.41) is 6.81. The first kappa shape index (κ1) is 13.0. The number of nitrogens with one attached hydrogen (secondary N) is 2. The van der Waals surface area contributed by atoms with Gasteiger partial charge in [-0.25, -0.2) is 4.39 Å². The summed E-state index contributed by atoms with van der Waals surface area (Å²) in [5.74, 6) is -0.117. The largest absolute Gasteiger partial charge is 0.315 e. The van der Waals surface area contributed by atoms with E-state index in [2.05, 4.69) is 26.6 Å². The quantitative estimate of drug-likeness (QED) is 0.817. The number of hydrogen-bond acceptors (Lipinski definition) is 2. The Kier molecular flexibility index (Phi) is 4.95. The number of hydrogen-bond donors (Lipinski definition) is 2. The smallest absolute Gasteiger partial charge is 0.126 e. The van der Waals surface area contributed by atoms with E-state index in [0.717, 1.165) is 36.1 Å². The Hall–Kier alpha value is -0.450. The zero-order chi connectivity index (χ0) is 12.1. The molecule has 0 aromatic heterocycles. The molecule has 0 radical (unpaired) electrons. The number of halogens is 2. The van der Waals surface area contributed by atoms with E-state index in [-0.39, 0.29) is 5.82 Å². The van der Waals surface area contributed by atoms with Crippen LogP contribution in [0, 0.1) is 5.82 Å². The maximum absolute atomic E-state index is 13.4. The standard InChI is InChI=1S/C13H18BrFN2/c14-11-3-4-13(15)10(8-11)5-7-16-9-12-2-1-6-17-12/h3-4,8,12,16-17H,1-2,5-7,9H2. The second-order valence-corrected chi connectivity index (χ2v) is 5.40. The lowest BCUT2D eigenvalue weighted by Gasteiger charge is -2.11. The van der Waals surface area contributed by atoms with Crippen LogP contribution in [0.2, 0.25) is 0 Å². The van der Waals surface area contributed by atoms with Crippen molar-refractivity contribution in [2.75, 3.05) is 19.6 Å². The van der Waals surface area contributed by atoms with E-state index in [1.807, 2.05) is 6.07 Å². The lowest BCUT2D eigenvalue weighted by atomic mass is 10.1. The van der Waals surface area contributed by atoms with E-state index in [4.69, 9.17) is 0 Å². The van der Waals surface area contributed by atoms with Crippen LogP contribution in [0.15, 0.2) is 22.7 Å². The molecule has 2 rings (SSSR count). The van der Waals surface area contributed by atoms with E-state index >= 15 is 0 Å². The molecule has 1 aliphatic rings. The molecule has 1 aromatic carbocycles. The molecule has 2 nitrogen and oxygen atoms in total. The van der Waals surface area contributed by atoms with Gasteiger partial charge in [-0.2, -0.15) is 0 Å². The molecular formula is C13H18BrFN2. The molecule has 1 atom stereocenters. The monoisotopic (exact) mass is 300 g/mol. The normalized spacial score (nSPS) is 19.8. The maximum Gasteiger partial charge on any atom is 0.126 e. The van der Waals surface area contributed by atoms with Crippen LogP contribution in [-0.2, 0) is 6.42 Å². The first-order valence-electron chi connectivity index (χ1n) is 6.14. The van der Waals surface area contributed by atoms with Crippen molar-refractivity contribution in [3.05, 3.63) is 34.1 Å². The first-order chi connectivity index (χ1) is 8.25. The zero-order valence-corrected chi connectivity index (χ0v) is 11.4. The minimum atomic E-state index is -0.117. The molecule has 0 aliphatic carbocycles. The van der Waals surface area contributed by atoms with Crippen LogP contribution in [0.4, 0.5) is 4.39 Å². The van der Waals surface area contributed by atoms with Gasteiger partial charge in [0.05, 0.1) is 0 Å². The third kappa shape index (κ3) is 4.05. The van der Waals surface area contributed by atoms with Crippen molar-refractivity contribution in [1.29, 1.82) is 0 Å². The van der Waals surface area contributed by atoms with E-state index in [9.17, 15) is 4.39 Å². The molecule has 1 saturated heterocycles. The van der Waals surface area contributed by atoms with Gasteiger partial charge in [-0.1, -0.05) is 15.9 Å². The molecule has 17 heavy (non-hydrogen) atoms. The summed E-state index contributed by atoms with van der Waals surface area (Å²) in [6, 6.07) is 5.69. The Bertz CT molecular complexity index is 364. The molecule has 1 aliphatic heterocycles. The van der Waals surface area contributed by atoms with Crippen molar-refractivity contribution in [3.8, 4) is 0 Å². The van der Waals surface area contributed by atoms with Crippen LogP contribution >= 0.6 is 15.9 Å². The summed E-state index contributed by atoms with van der Waals surface area (Å²) >= 11 is 3.36. The molecular weight excluding hydrogens is 283 g/mol. The maximum atomic E-state index is 13.4. The van der Waals surface area contributed by atoms with Gasteiger partial charge in [0.1, 0.15) is 5.82 Å². The average molecular weight is 301 g/mol. The van der Waals surface area contributed by atoms with E-state index in [1.165, 1.54) is 18.9 Å². The van der Waals surface area contributed by atoms with Crippen molar-refractivity contribution in [3.63, 3.8) is 0 Å². The average Bonchev–Trinajstić information content (AvgIpc) is 2.82. The van der Waals surface area contributed by atoms with Crippen molar-refractivity contribution in [2.24, 2.45) is 0 Å². The highest BCUT2D eigenvalue weighted by Crippen LogP contribution is 2.15. The highest BCUT2D eigenvalue weighted by molar-refractivity contribution is 9.10. The lowest BCUT2D eigenvalue weighted by molar-refractivity contribution is 0.532. The van der Waals surface area contributed by atoms with Gasteiger partial charge in [-0.15, -0.1) is 0 Å². The molecule has 1 aromatic rings. The summed E-state index contributed by atoms with van der Waals surface area (Å²) in [7, 11) is 0. The molecule has 94 valence electrons. The third-order valence-electron chi connectivity index (χ3n) is 3.13. The molecule has 0 bridgehead atoms. The third-order valence-corrected chi connectivity index (χ3v) is 3.63. The SMILES string of the molecule is Fc1ccc(Br)cc1CCNCC1CCCN1. The van der Waals surface area contributed by atoms with Gasteiger partial charge < -0.3 is 10.6 Å². The Balaban J connectivity index is 1.72. The number of benzene rings is 1. The van der Waals surface area contributed by atoms with Crippen molar-refractivity contribution in [2.45, 2.75) is 25.3 Å². The second-order valence-electron chi connectivity index (χ2n) is 4.48. The van der Waals surface area contributed by atoms with Gasteiger partial charge >= 0.3 is 0 Å². The van der Waals surface area contributed by atoms with Gasteiger partial charge in [0.2, 0.25) is 0 Å². The highest BCUT2D eigenvalue weighted by Gasteiger charge is 2.12. The van der Waals surface area contributed by atoms with Gasteiger partial charge in [0, 0.05) is 17.1 Å². The first-order valence-corrected chi connectivity index (χ1v) is 6.93. The zero-order valence-electron chi connectivity index (χ0n) is 9.81. The van der Waals surface area contributed by atoms with E-state index < -0.39 is 0 Å². The summed E-state index contributed by atoms with van der Waals surface area (Å²) in [6.07, 6.45) is 3.25. The molecule has 1 unspecified atom stereocenters. The highest BCUT2D eigenvalue weighted by atomic mass is 79.9. The molecule has 4 heteroatoms. The van der Waals surface area contributed by atoms with Gasteiger partial charge in [-0.05, 0) is 56.1 Å². The molecule has 0 spiro atoms. The summed E-state index contributed by atoms with van der Waals surface area (Å²) in [5.41, 5.74) is 0.770. The molecule has 0 amide bonds. The van der Waals surface area contributed by atoms with Crippen LogP contribution in [0.3, 0.4) is 0 Å². The van der Waals surface area contributed by atoms with E-state index in [0.29, 0.717) is 6.04 Å². The topological polar surface area (TPSA) is 24.1 Å². The van der Waals surface area contributed by atoms with Crippen LogP contribution in [0.1, 0.15) is 18.4 Å². The van der Waals surface area contributed by atoms with Crippen LogP contribution in [0.5, 0.6) is 0 Å². The summed E-state index contributed by atoms with van der Waals surface area (Å²) in [4.78, 5) is 0. The second kappa shape index (κ2) is 6.47. The molecule has 1 fully saturated rings. The van der Waals surface area contributed by atoms with Gasteiger partial charge in [-0.3, -0.25) is 0 Å². The Morgan fingerprint density at radius 3 is 3.12 bits per heavy atom. The van der Waals surface area contributed by atoms with Crippen molar-refractivity contribution < 1.29 is 4.39 Å². The van der Waals surface area contributed by atoms with Crippen molar-refractivity contribution in [1.82, 2.24) is 10.6 Å². The lowest BCUT2D eigenvalue weighted by Crippen LogP contribution is -2.34. The van der Waals surface area contributed by atoms with Crippen LogP contribution in [0.25, 0.3) is 0 Å². The predicted octanol–water partition coefficient (Wildman–Crippen LogP) is 2.47. The van der Waals surface area contributed by atoms with Gasteiger partial charge in [0.15, 0.2) is 0 Å². The number of rotatable bonds is 5. The summed E-state index contributed by atoms with van der Waals surface area (Å²) in [6.45, 7) is 2.94. The fourth-order valence-corrected chi connectivity index (χ4v) is 2.57. The predicted molar refractivity (Wildman–Crippen MR) is 71.7 cm³/mol. The summed E-state index contributed by atoms with van der Waals surface area (Å²) < 4.78 is 14.4. The molecule has 2 N–H and O–H groups in total. The Labute approximate surface area is 110 Å².